The molecule has 1 atom stereocenters. The molecule has 3 aromatic rings. The summed E-state index contributed by atoms with van der Waals surface area (Å²) < 4.78 is 8.24. The molecule has 8 nitrogen and oxygen atoms in total. The van der Waals surface area contributed by atoms with E-state index in [9.17, 15) is 14.4 Å². The van der Waals surface area contributed by atoms with Crippen molar-refractivity contribution in [1.29, 1.82) is 0 Å². The fourth-order valence-electron chi connectivity index (χ4n) is 4.19. The predicted molar refractivity (Wildman–Crippen MR) is 137 cm³/mol. The third-order valence-corrected chi connectivity index (χ3v) is 7.41. The first-order valence-electron chi connectivity index (χ1n) is 11.0. The molecule has 1 fully saturated rings. The van der Waals surface area contributed by atoms with Crippen LogP contribution in [0.25, 0.3) is 10.9 Å². The second kappa shape index (κ2) is 9.81. The Hall–Kier alpha value is -2.82. The van der Waals surface area contributed by atoms with Crippen LogP contribution >= 0.6 is 27.7 Å². The van der Waals surface area contributed by atoms with Crippen LogP contribution in [0.3, 0.4) is 0 Å². The predicted octanol–water partition coefficient (Wildman–Crippen LogP) is 3.81. The molecular weight excluding hydrogens is 520 g/mol. The lowest BCUT2D eigenvalue weighted by atomic mass is 10.2. The van der Waals surface area contributed by atoms with Gasteiger partial charge in [-0.1, -0.05) is 22.0 Å². The van der Waals surface area contributed by atoms with Gasteiger partial charge < -0.3 is 19.9 Å². The maximum absolute atomic E-state index is 12.4. The zero-order chi connectivity index (χ0) is 23.7. The number of ether oxygens (including phenoxy) is 1. The third kappa shape index (κ3) is 4.84. The second-order valence-electron chi connectivity index (χ2n) is 8.22. The lowest BCUT2D eigenvalue weighted by molar-refractivity contribution is -0.113. The van der Waals surface area contributed by atoms with Crippen molar-refractivity contribution in [2.45, 2.75) is 24.0 Å². The standard InChI is InChI=1S/C24H23BrN4O4S/c25-16-4-2-15-3-7-23(31)28(20(15)10-16)9-1-8-26-12-18-13-29(24(32)33-18)17-5-6-21-19(11-17)27-22(30)14-34-21/h2-7,10-11,18,26H,1,8-9,12-14H2,(H,27,30)/t18-/m1/s1. The van der Waals surface area contributed by atoms with Gasteiger partial charge in [0.2, 0.25) is 5.91 Å². The summed E-state index contributed by atoms with van der Waals surface area (Å²) in [6, 6.07) is 15.0. The van der Waals surface area contributed by atoms with Crippen molar-refractivity contribution in [3.8, 4) is 0 Å². The molecule has 1 saturated heterocycles. The van der Waals surface area contributed by atoms with E-state index in [1.165, 1.54) is 11.8 Å². The summed E-state index contributed by atoms with van der Waals surface area (Å²) in [6.45, 7) is 2.24. The van der Waals surface area contributed by atoms with Crippen LogP contribution in [0.4, 0.5) is 16.2 Å². The van der Waals surface area contributed by atoms with Crippen molar-refractivity contribution >= 4 is 62.0 Å². The number of hydrogen-bond donors (Lipinski definition) is 2. The summed E-state index contributed by atoms with van der Waals surface area (Å²) in [5.74, 6) is 0.359. The van der Waals surface area contributed by atoms with Crippen LogP contribution in [0.5, 0.6) is 0 Å². The van der Waals surface area contributed by atoms with E-state index in [1.807, 2.05) is 42.5 Å². The maximum atomic E-state index is 12.4. The van der Waals surface area contributed by atoms with Gasteiger partial charge in [0.15, 0.2) is 0 Å². The minimum absolute atomic E-state index is 0.0226. The van der Waals surface area contributed by atoms with Crippen LogP contribution in [0, 0.1) is 0 Å². The molecular formula is C24H23BrN4O4S. The van der Waals surface area contributed by atoms with Crippen molar-refractivity contribution in [2.24, 2.45) is 0 Å². The Bertz CT molecular complexity index is 1330. The summed E-state index contributed by atoms with van der Waals surface area (Å²) in [7, 11) is 0. The van der Waals surface area contributed by atoms with Crippen LogP contribution in [-0.4, -0.2) is 48.1 Å². The first-order chi connectivity index (χ1) is 16.5. The molecule has 1 aromatic heterocycles. The average Bonchev–Trinajstić information content (AvgIpc) is 3.19. The number of rotatable bonds is 7. The molecule has 0 saturated carbocycles. The van der Waals surface area contributed by atoms with Crippen molar-refractivity contribution in [3.05, 3.63) is 63.4 Å². The summed E-state index contributed by atoms with van der Waals surface area (Å²) in [6.07, 6.45) is 0.0936. The van der Waals surface area contributed by atoms with E-state index in [0.29, 0.717) is 37.6 Å². The van der Waals surface area contributed by atoms with Crippen LogP contribution < -0.4 is 21.1 Å². The number of pyridine rings is 1. The van der Waals surface area contributed by atoms with Crippen molar-refractivity contribution in [1.82, 2.24) is 9.88 Å². The van der Waals surface area contributed by atoms with E-state index in [4.69, 9.17) is 4.74 Å². The molecule has 2 aromatic carbocycles. The number of benzene rings is 2. The molecule has 2 aliphatic rings. The molecule has 2 N–H and O–H groups in total. The fourth-order valence-corrected chi connectivity index (χ4v) is 5.33. The number of nitrogens with one attached hydrogen (secondary N) is 2. The van der Waals surface area contributed by atoms with Gasteiger partial charge in [-0.15, -0.1) is 11.8 Å². The quantitative estimate of drug-likeness (QED) is 0.441. The number of cyclic esters (lactones) is 1. The zero-order valence-electron chi connectivity index (χ0n) is 18.3. The Morgan fingerprint density at radius 3 is 2.85 bits per heavy atom. The molecule has 0 bridgehead atoms. The summed E-state index contributed by atoms with van der Waals surface area (Å²) >= 11 is 4.96. The van der Waals surface area contributed by atoms with E-state index < -0.39 is 6.09 Å². The molecule has 5 rings (SSSR count). The van der Waals surface area contributed by atoms with E-state index in [2.05, 4.69) is 26.6 Å². The molecule has 0 radical (unpaired) electrons. The van der Waals surface area contributed by atoms with Crippen LogP contribution in [-0.2, 0) is 16.1 Å². The normalized spacial score (nSPS) is 17.6. The Balaban J connectivity index is 1.14. The molecule has 2 aliphatic heterocycles. The molecule has 10 heteroatoms. The minimum atomic E-state index is -0.394. The van der Waals surface area contributed by atoms with Gasteiger partial charge in [0.05, 0.1) is 23.5 Å². The molecule has 3 heterocycles. The van der Waals surface area contributed by atoms with Crippen molar-refractivity contribution < 1.29 is 14.3 Å². The van der Waals surface area contributed by atoms with Gasteiger partial charge in [0.1, 0.15) is 6.10 Å². The van der Waals surface area contributed by atoms with Gasteiger partial charge in [0, 0.05) is 34.2 Å². The largest absolute Gasteiger partial charge is 0.443 e. The SMILES string of the molecule is O=C1CSc2ccc(N3C[C@@H](CNCCCn4c(=O)ccc5ccc(Br)cc54)OC3=O)cc2N1. The maximum Gasteiger partial charge on any atom is 0.414 e. The number of fused-ring (bicyclic) bond motifs is 2. The van der Waals surface area contributed by atoms with Crippen LogP contribution in [0.15, 0.2) is 62.7 Å². The number of aromatic nitrogens is 1. The average molecular weight is 543 g/mol. The topological polar surface area (TPSA) is 92.7 Å². The van der Waals surface area contributed by atoms with Gasteiger partial charge in [-0.25, -0.2) is 4.79 Å². The number of nitrogens with zero attached hydrogens (tertiary/aromatic N) is 2. The molecule has 0 spiro atoms. The number of hydrogen-bond acceptors (Lipinski definition) is 6. The number of thioether (sulfide) groups is 1. The van der Waals surface area contributed by atoms with E-state index in [1.54, 1.807) is 15.5 Å². The highest BCUT2D eigenvalue weighted by Gasteiger charge is 2.32. The molecule has 176 valence electrons. The zero-order valence-corrected chi connectivity index (χ0v) is 20.7. The Morgan fingerprint density at radius 2 is 1.97 bits per heavy atom. The molecule has 2 amide bonds. The number of aryl methyl sites for hydroxylation is 1. The number of carbonyl (C=O) groups is 2. The van der Waals surface area contributed by atoms with Gasteiger partial charge in [-0.3, -0.25) is 14.5 Å². The van der Waals surface area contributed by atoms with Crippen LogP contribution in [0.1, 0.15) is 6.42 Å². The summed E-state index contributed by atoms with van der Waals surface area (Å²) in [4.78, 5) is 39.0. The number of anilines is 2. The fraction of sp³-hybridized carbons (Fsp3) is 0.292. The molecule has 0 unspecified atom stereocenters. The lowest BCUT2D eigenvalue weighted by Crippen LogP contribution is -2.32. The monoisotopic (exact) mass is 542 g/mol. The highest BCUT2D eigenvalue weighted by atomic mass is 79.9. The van der Waals surface area contributed by atoms with Gasteiger partial charge in [-0.05, 0) is 54.8 Å². The van der Waals surface area contributed by atoms with Gasteiger partial charge >= 0.3 is 6.09 Å². The second-order valence-corrected chi connectivity index (χ2v) is 10.2. The lowest BCUT2D eigenvalue weighted by Gasteiger charge is -2.20. The van der Waals surface area contributed by atoms with E-state index in [0.717, 1.165) is 32.4 Å². The molecule has 34 heavy (non-hydrogen) atoms. The van der Waals surface area contributed by atoms with Crippen molar-refractivity contribution in [3.63, 3.8) is 0 Å². The first kappa shape index (κ1) is 22.9. The highest BCUT2D eigenvalue weighted by molar-refractivity contribution is 9.10. The first-order valence-corrected chi connectivity index (χ1v) is 12.8. The van der Waals surface area contributed by atoms with Crippen molar-refractivity contribution in [2.75, 3.05) is 35.6 Å². The highest BCUT2D eigenvalue weighted by Crippen LogP contribution is 2.35. The Labute approximate surface area is 208 Å². The number of amides is 2. The Morgan fingerprint density at radius 1 is 1.12 bits per heavy atom. The summed E-state index contributed by atoms with van der Waals surface area (Å²) in [5, 5.41) is 7.21. The van der Waals surface area contributed by atoms with Gasteiger partial charge in [-0.2, -0.15) is 0 Å². The summed E-state index contributed by atoms with van der Waals surface area (Å²) in [5.41, 5.74) is 2.31. The van der Waals surface area contributed by atoms with E-state index >= 15 is 0 Å². The number of halogens is 1. The van der Waals surface area contributed by atoms with E-state index in [-0.39, 0.29) is 17.6 Å². The van der Waals surface area contributed by atoms with Crippen LogP contribution in [0.2, 0.25) is 0 Å². The Kier molecular flexibility index (Phi) is 6.62. The molecule has 0 aliphatic carbocycles. The van der Waals surface area contributed by atoms with Gasteiger partial charge in [0.25, 0.3) is 5.56 Å². The smallest absolute Gasteiger partial charge is 0.414 e. The number of carbonyl (C=O) groups excluding carboxylic acids is 2. The minimum Gasteiger partial charge on any atom is -0.443 e. The third-order valence-electron chi connectivity index (χ3n) is 5.84.